The van der Waals surface area contributed by atoms with Gasteiger partial charge in [0, 0.05) is 6.92 Å². The molecule has 3 nitrogen and oxygen atoms in total. The van der Waals surface area contributed by atoms with Crippen LogP contribution in [0.5, 0.6) is 0 Å². The van der Waals surface area contributed by atoms with Crippen LogP contribution in [0.4, 0.5) is 0 Å². The van der Waals surface area contributed by atoms with Crippen molar-refractivity contribution in [1.82, 2.24) is 0 Å². The predicted molar refractivity (Wildman–Crippen MR) is 102 cm³/mol. The molecule has 9 atom stereocenters. The molecule has 0 saturated heterocycles. The molecule has 0 aromatic rings. The highest BCUT2D eigenvalue weighted by Gasteiger charge is 2.60. The lowest BCUT2D eigenvalue weighted by molar-refractivity contribution is -0.161. The maximum atomic E-state index is 11.4. The van der Waals surface area contributed by atoms with E-state index in [1.54, 1.807) is 6.92 Å². The van der Waals surface area contributed by atoms with Crippen LogP contribution < -0.4 is 0 Å². The molecule has 4 fully saturated rings. The number of esters is 1. The van der Waals surface area contributed by atoms with Gasteiger partial charge < -0.3 is 9.84 Å². The summed E-state index contributed by atoms with van der Waals surface area (Å²) < 4.78 is 5.58. The molecular formula is C23H38O3. The van der Waals surface area contributed by atoms with Gasteiger partial charge in [-0.15, -0.1) is 0 Å². The van der Waals surface area contributed by atoms with Crippen LogP contribution in [0.25, 0.3) is 0 Å². The molecule has 4 rings (SSSR count). The van der Waals surface area contributed by atoms with Gasteiger partial charge >= 0.3 is 5.97 Å². The quantitative estimate of drug-likeness (QED) is 0.706. The number of aliphatic hydroxyl groups is 1. The van der Waals surface area contributed by atoms with Crippen molar-refractivity contribution < 1.29 is 14.6 Å². The van der Waals surface area contributed by atoms with Gasteiger partial charge in [-0.2, -0.15) is 0 Å². The first-order valence-corrected chi connectivity index (χ1v) is 11.1. The van der Waals surface area contributed by atoms with Gasteiger partial charge in [0.15, 0.2) is 0 Å². The lowest BCUT2D eigenvalue weighted by Gasteiger charge is -2.61. The standard InChI is InChI=1S/C23H38O3/c1-14(24)19-7-8-20-18-6-5-16-13-17(26-15(2)25)9-11-22(16,3)21(18)10-12-23(19,20)4/h14,16-21,24H,5-13H2,1-4H3/t14-,16-,17+,18-,19-,20-,21+,22-,23+/m0/s1. The minimum Gasteiger partial charge on any atom is -0.463 e. The molecule has 0 unspecified atom stereocenters. The van der Waals surface area contributed by atoms with Crippen molar-refractivity contribution in [2.24, 2.45) is 40.4 Å². The van der Waals surface area contributed by atoms with Gasteiger partial charge in [0.2, 0.25) is 0 Å². The maximum absolute atomic E-state index is 11.4. The number of ether oxygens (including phenoxy) is 1. The van der Waals surface area contributed by atoms with Gasteiger partial charge in [0.1, 0.15) is 6.10 Å². The van der Waals surface area contributed by atoms with Crippen molar-refractivity contribution in [3.8, 4) is 0 Å². The fraction of sp³-hybridized carbons (Fsp3) is 0.957. The molecule has 0 aromatic carbocycles. The minimum atomic E-state index is -0.160. The molecule has 0 amide bonds. The van der Waals surface area contributed by atoms with Gasteiger partial charge in [-0.1, -0.05) is 13.8 Å². The van der Waals surface area contributed by atoms with Crippen LogP contribution in [0.2, 0.25) is 0 Å². The molecule has 0 aromatic heterocycles. The summed E-state index contributed by atoms with van der Waals surface area (Å²) in [6.07, 6.45) is 11.2. The van der Waals surface area contributed by atoms with E-state index in [0.717, 1.165) is 36.5 Å². The van der Waals surface area contributed by atoms with E-state index in [9.17, 15) is 9.90 Å². The van der Waals surface area contributed by atoms with Crippen molar-refractivity contribution in [3.05, 3.63) is 0 Å². The van der Waals surface area contributed by atoms with Gasteiger partial charge in [0.25, 0.3) is 0 Å². The molecule has 1 N–H and O–H groups in total. The van der Waals surface area contributed by atoms with E-state index in [2.05, 4.69) is 13.8 Å². The van der Waals surface area contributed by atoms with Crippen molar-refractivity contribution in [2.75, 3.05) is 0 Å². The van der Waals surface area contributed by atoms with Gasteiger partial charge in [-0.05, 0) is 105 Å². The normalized spacial score (nSPS) is 51.7. The highest BCUT2D eigenvalue weighted by Crippen LogP contribution is 2.67. The van der Waals surface area contributed by atoms with Crippen molar-refractivity contribution in [1.29, 1.82) is 0 Å². The Bertz CT molecular complexity index is 558. The molecule has 0 radical (unpaired) electrons. The average Bonchev–Trinajstić information content (AvgIpc) is 2.92. The Labute approximate surface area is 159 Å². The summed E-state index contributed by atoms with van der Waals surface area (Å²) in [4.78, 5) is 11.4. The molecule has 4 aliphatic rings. The molecule has 26 heavy (non-hydrogen) atoms. The predicted octanol–water partition coefficient (Wildman–Crippen LogP) is 4.96. The lowest BCUT2D eigenvalue weighted by atomic mass is 9.44. The second kappa shape index (κ2) is 6.50. The van der Waals surface area contributed by atoms with Crippen LogP contribution in [0.3, 0.4) is 0 Å². The maximum Gasteiger partial charge on any atom is 0.302 e. The van der Waals surface area contributed by atoms with Gasteiger partial charge in [0.05, 0.1) is 6.10 Å². The van der Waals surface area contributed by atoms with Crippen molar-refractivity contribution in [2.45, 2.75) is 97.7 Å². The summed E-state index contributed by atoms with van der Waals surface area (Å²) in [5, 5.41) is 10.4. The number of carbonyl (C=O) groups excluding carboxylic acids is 1. The SMILES string of the molecule is CC(=O)O[C@@H]1CC[C@@]2(C)[C@@H](CC[C@@H]3[C@H]2CC[C@@]2(C)[C@H]3CC[C@H]2[C@H](C)O)C1. The Morgan fingerprint density at radius 1 is 1.00 bits per heavy atom. The van der Waals surface area contributed by atoms with Crippen LogP contribution in [-0.2, 0) is 9.53 Å². The Morgan fingerprint density at radius 2 is 1.69 bits per heavy atom. The second-order valence-electron chi connectivity index (χ2n) is 10.6. The first kappa shape index (κ1) is 18.8. The number of rotatable bonds is 2. The van der Waals surface area contributed by atoms with Crippen molar-refractivity contribution >= 4 is 5.97 Å². The van der Waals surface area contributed by atoms with E-state index >= 15 is 0 Å². The molecule has 0 heterocycles. The van der Waals surface area contributed by atoms with Crippen molar-refractivity contribution in [3.63, 3.8) is 0 Å². The second-order valence-corrected chi connectivity index (χ2v) is 10.6. The van der Waals surface area contributed by atoms with Crippen LogP contribution >= 0.6 is 0 Å². The minimum absolute atomic E-state index is 0.115. The molecule has 4 aliphatic carbocycles. The Balaban J connectivity index is 1.53. The first-order valence-electron chi connectivity index (χ1n) is 11.1. The number of hydrogen-bond acceptors (Lipinski definition) is 3. The lowest BCUT2D eigenvalue weighted by Crippen LogP contribution is -2.54. The summed E-state index contributed by atoms with van der Waals surface area (Å²) in [6.45, 7) is 8.61. The summed E-state index contributed by atoms with van der Waals surface area (Å²) >= 11 is 0. The number of aliphatic hydroxyl groups excluding tert-OH is 1. The Kier molecular flexibility index (Phi) is 4.69. The van der Waals surface area contributed by atoms with Crippen LogP contribution in [0, 0.1) is 40.4 Å². The molecule has 4 saturated carbocycles. The Hall–Kier alpha value is -0.570. The van der Waals surface area contributed by atoms with Gasteiger partial charge in [-0.25, -0.2) is 0 Å². The topological polar surface area (TPSA) is 46.5 Å². The summed E-state index contributed by atoms with van der Waals surface area (Å²) in [5.41, 5.74) is 0.789. The third kappa shape index (κ3) is 2.75. The average molecular weight is 363 g/mol. The monoisotopic (exact) mass is 362 g/mol. The number of fused-ring (bicyclic) bond motifs is 5. The fourth-order valence-corrected chi connectivity index (χ4v) is 8.39. The van der Waals surface area contributed by atoms with E-state index < -0.39 is 0 Å². The van der Waals surface area contributed by atoms with E-state index in [1.807, 2.05) is 6.92 Å². The molecule has 3 heteroatoms. The van der Waals surface area contributed by atoms with E-state index in [0.29, 0.717) is 16.7 Å². The summed E-state index contributed by atoms with van der Waals surface area (Å²) in [5.74, 6) is 3.61. The molecule has 0 aliphatic heterocycles. The van der Waals surface area contributed by atoms with Crippen LogP contribution in [-0.4, -0.2) is 23.3 Å². The number of hydrogen-bond donors (Lipinski definition) is 1. The summed E-state index contributed by atoms with van der Waals surface area (Å²) in [6, 6.07) is 0. The molecular weight excluding hydrogens is 324 g/mol. The molecule has 0 bridgehead atoms. The van der Waals surface area contributed by atoms with Crippen LogP contribution in [0.15, 0.2) is 0 Å². The van der Waals surface area contributed by atoms with Crippen LogP contribution in [0.1, 0.15) is 85.5 Å². The summed E-state index contributed by atoms with van der Waals surface area (Å²) in [7, 11) is 0. The fourth-order valence-electron chi connectivity index (χ4n) is 8.39. The third-order valence-electron chi connectivity index (χ3n) is 9.61. The van der Waals surface area contributed by atoms with E-state index in [4.69, 9.17) is 4.74 Å². The zero-order valence-electron chi connectivity index (χ0n) is 17.2. The number of carbonyl (C=O) groups is 1. The smallest absolute Gasteiger partial charge is 0.302 e. The Morgan fingerprint density at radius 3 is 2.38 bits per heavy atom. The zero-order chi connectivity index (χ0) is 18.7. The highest BCUT2D eigenvalue weighted by atomic mass is 16.5. The van der Waals surface area contributed by atoms with E-state index in [-0.39, 0.29) is 18.2 Å². The molecule has 148 valence electrons. The van der Waals surface area contributed by atoms with Gasteiger partial charge in [-0.3, -0.25) is 4.79 Å². The third-order valence-corrected chi connectivity index (χ3v) is 9.61. The molecule has 0 spiro atoms. The van der Waals surface area contributed by atoms with E-state index in [1.165, 1.54) is 44.9 Å². The largest absolute Gasteiger partial charge is 0.463 e. The first-order chi connectivity index (χ1) is 12.3. The zero-order valence-corrected chi connectivity index (χ0v) is 17.2. The highest BCUT2D eigenvalue weighted by molar-refractivity contribution is 5.66.